The third-order valence-electron chi connectivity index (χ3n) is 2.63. The molecule has 0 bridgehead atoms. The van der Waals surface area contributed by atoms with E-state index in [1.807, 2.05) is 6.07 Å². The van der Waals surface area contributed by atoms with Gasteiger partial charge >= 0.3 is 5.97 Å². The fourth-order valence-corrected chi connectivity index (χ4v) is 2.03. The number of β-lactam (4-membered cyclic amide) rings is 1. The summed E-state index contributed by atoms with van der Waals surface area (Å²) < 4.78 is 4.58. The molecule has 1 saturated heterocycles. The highest BCUT2D eigenvalue weighted by molar-refractivity contribution is 6.39. The maximum absolute atomic E-state index is 11.5. The van der Waals surface area contributed by atoms with Gasteiger partial charge in [0.1, 0.15) is 0 Å². The van der Waals surface area contributed by atoms with Gasteiger partial charge in [-0.25, -0.2) is 4.79 Å². The minimum atomic E-state index is -1.34. The van der Waals surface area contributed by atoms with Crippen LogP contribution in [0.4, 0.5) is 0 Å². The zero-order valence-electron chi connectivity index (χ0n) is 8.57. The van der Waals surface area contributed by atoms with Crippen molar-refractivity contribution in [2.45, 2.75) is 10.9 Å². The molecule has 0 aliphatic carbocycles. The molecular weight excluding hydrogens is 230 g/mol. The van der Waals surface area contributed by atoms with Crippen molar-refractivity contribution in [1.82, 2.24) is 5.32 Å². The third kappa shape index (κ3) is 1.38. The molecule has 0 aromatic heterocycles. The lowest BCUT2D eigenvalue weighted by Crippen LogP contribution is -2.70. The van der Waals surface area contributed by atoms with Gasteiger partial charge in [0.05, 0.1) is 7.11 Å². The summed E-state index contributed by atoms with van der Waals surface area (Å²) in [6.45, 7) is 0. The number of halogens is 1. The molecule has 4 nitrogen and oxygen atoms in total. The number of benzene rings is 1. The largest absolute Gasteiger partial charge is 0.467 e. The number of rotatable bonds is 2. The number of carbonyl (C=O) groups is 2. The summed E-state index contributed by atoms with van der Waals surface area (Å²) in [5.74, 6) is -0.922. The van der Waals surface area contributed by atoms with Crippen molar-refractivity contribution < 1.29 is 14.3 Å². The second-order valence-corrected chi connectivity index (χ2v) is 4.10. The number of carbonyl (C=O) groups excluding carboxylic acids is 2. The van der Waals surface area contributed by atoms with Crippen LogP contribution in [0.15, 0.2) is 30.3 Å². The molecule has 1 aromatic rings. The highest BCUT2D eigenvalue weighted by atomic mass is 35.5. The van der Waals surface area contributed by atoms with E-state index >= 15 is 0 Å². The highest BCUT2D eigenvalue weighted by Crippen LogP contribution is 2.39. The quantitative estimate of drug-likeness (QED) is 0.472. The molecule has 84 valence electrons. The minimum absolute atomic E-state index is 0.379. The van der Waals surface area contributed by atoms with Gasteiger partial charge in [0.2, 0.25) is 5.91 Å². The number of ether oxygens (including phenoxy) is 1. The Morgan fingerprint density at radius 2 is 2.06 bits per heavy atom. The normalized spacial score (nSPS) is 27.9. The van der Waals surface area contributed by atoms with Gasteiger partial charge < -0.3 is 10.1 Å². The van der Waals surface area contributed by atoms with Gasteiger partial charge in [0.25, 0.3) is 0 Å². The summed E-state index contributed by atoms with van der Waals surface area (Å²) in [5.41, 5.74) is 0.593. The van der Waals surface area contributed by atoms with Gasteiger partial charge in [0.15, 0.2) is 10.9 Å². The second-order valence-electron chi connectivity index (χ2n) is 3.51. The van der Waals surface area contributed by atoms with Crippen LogP contribution < -0.4 is 5.32 Å². The molecule has 1 aromatic carbocycles. The molecule has 2 rings (SSSR count). The van der Waals surface area contributed by atoms with Gasteiger partial charge in [-0.15, -0.1) is 11.6 Å². The van der Waals surface area contributed by atoms with Gasteiger partial charge in [-0.2, -0.15) is 0 Å². The SMILES string of the molecule is COC(=O)[C@H]1NC(=O)[C@@]1(Cl)c1ccccc1. The van der Waals surface area contributed by atoms with Crippen LogP contribution >= 0.6 is 11.6 Å². The fourth-order valence-electron chi connectivity index (χ4n) is 1.71. The maximum Gasteiger partial charge on any atom is 0.331 e. The van der Waals surface area contributed by atoms with Gasteiger partial charge in [0, 0.05) is 0 Å². The van der Waals surface area contributed by atoms with Crippen molar-refractivity contribution in [3.63, 3.8) is 0 Å². The van der Waals surface area contributed by atoms with Gasteiger partial charge in [-0.1, -0.05) is 30.3 Å². The number of esters is 1. The van der Waals surface area contributed by atoms with Gasteiger partial charge in [-0.3, -0.25) is 4.79 Å². The van der Waals surface area contributed by atoms with Crippen LogP contribution in [0.2, 0.25) is 0 Å². The summed E-state index contributed by atoms with van der Waals surface area (Å²) in [7, 11) is 1.26. The van der Waals surface area contributed by atoms with Crippen LogP contribution in [0.3, 0.4) is 0 Å². The molecule has 1 aliphatic heterocycles. The van der Waals surface area contributed by atoms with E-state index in [0.29, 0.717) is 5.56 Å². The van der Waals surface area contributed by atoms with E-state index in [0.717, 1.165) is 0 Å². The summed E-state index contributed by atoms with van der Waals surface area (Å²) in [4.78, 5) is 21.6. The standard InChI is InChI=1S/C11H10ClNO3/c1-16-9(14)8-11(12,10(15)13-8)7-5-3-2-4-6-7/h2-6,8H,1H3,(H,13,15)/t8-,11-/m1/s1. The summed E-state index contributed by atoms with van der Waals surface area (Å²) >= 11 is 6.21. The molecule has 0 saturated carbocycles. The van der Waals surface area contributed by atoms with Crippen LogP contribution in [-0.2, 0) is 19.2 Å². The van der Waals surface area contributed by atoms with E-state index < -0.39 is 16.9 Å². The molecule has 0 radical (unpaired) electrons. The van der Waals surface area contributed by atoms with Crippen molar-refractivity contribution in [2.75, 3.05) is 7.11 Å². The van der Waals surface area contributed by atoms with Crippen molar-refractivity contribution in [3.05, 3.63) is 35.9 Å². The van der Waals surface area contributed by atoms with Crippen LogP contribution in [0.25, 0.3) is 0 Å². The first-order valence-corrected chi connectivity index (χ1v) is 5.11. The Labute approximate surface area is 97.5 Å². The number of nitrogens with one attached hydrogen (secondary N) is 1. The lowest BCUT2D eigenvalue weighted by atomic mass is 9.83. The van der Waals surface area contributed by atoms with E-state index in [4.69, 9.17) is 11.6 Å². The van der Waals surface area contributed by atoms with E-state index in [9.17, 15) is 9.59 Å². The Morgan fingerprint density at radius 1 is 1.44 bits per heavy atom. The van der Waals surface area contributed by atoms with Crippen LogP contribution in [0, 0.1) is 0 Å². The average molecular weight is 240 g/mol. The fraction of sp³-hybridized carbons (Fsp3) is 0.273. The number of methoxy groups -OCH3 is 1. The Hall–Kier alpha value is -1.55. The molecule has 0 spiro atoms. The topological polar surface area (TPSA) is 55.4 Å². The Balaban J connectivity index is 2.36. The van der Waals surface area contributed by atoms with Gasteiger partial charge in [-0.05, 0) is 5.56 Å². The van der Waals surface area contributed by atoms with E-state index in [1.165, 1.54) is 7.11 Å². The Morgan fingerprint density at radius 3 is 2.56 bits per heavy atom. The lowest BCUT2D eigenvalue weighted by molar-refractivity contribution is -0.154. The van der Waals surface area contributed by atoms with E-state index in [2.05, 4.69) is 10.1 Å². The number of hydrogen-bond acceptors (Lipinski definition) is 3. The monoisotopic (exact) mass is 239 g/mol. The summed E-state index contributed by atoms with van der Waals surface area (Å²) in [6.07, 6.45) is 0. The molecule has 1 heterocycles. The van der Waals surface area contributed by atoms with Crippen molar-refractivity contribution >= 4 is 23.5 Å². The van der Waals surface area contributed by atoms with Crippen molar-refractivity contribution in [2.24, 2.45) is 0 Å². The zero-order valence-corrected chi connectivity index (χ0v) is 9.32. The van der Waals surface area contributed by atoms with Crippen molar-refractivity contribution in [1.29, 1.82) is 0 Å². The Bertz CT molecular complexity index is 434. The molecule has 1 amide bonds. The summed E-state index contributed by atoms with van der Waals surface area (Å²) in [6, 6.07) is 7.93. The van der Waals surface area contributed by atoms with Crippen LogP contribution in [0.1, 0.15) is 5.56 Å². The third-order valence-corrected chi connectivity index (χ3v) is 3.24. The van der Waals surface area contributed by atoms with Crippen molar-refractivity contribution in [3.8, 4) is 0 Å². The minimum Gasteiger partial charge on any atom is -0.467 e. The van der Waals surface area contributed by atoms with E-state index in [1.54, 1.807) is 24.3 Å². The first kappa shape index (κ1) is 11.0. The lowest BCUT2D eigenvalue weighted by Gasteiger charge is -2.42. The predicted octanol–water partition coefficient (Wildman–Crippen LogP) is 0.792. The van der Waals surface area contributed by atoms with Crippen LogP contribution in [-0.4, -0.2) is 25.0 Å². The smallest absolute Gasteiger partial charge is 0.331 e. The first-order valence-electron chi connectivity index (χ1n) is 4.74. The number of hydrogen-bond donors (Lipinski definition) is 1. The highest BCUT2D eigenvalue weighted by Gasteiger charge is 2.59. The second kappa shape index (κ2) is 3.79. The Kier molecular flexibility index (Phi) is 2.59. The molecule has 1 aliphatic rings. The molecule has 1 N–H and O–H groups in total. The molecule has 5 heteroatoms. The first-order chi connectivity index (χ1) is 7.60. The maximum atomic E-state index is 11.5. The molecule has 16 heavy (non-hydrogen) atoms. The predicted molar refractivity (Wildman–Crippen MR) is 57.9 cm³/mol. The van der Waals surface area contributed by atoms with E-state index in [-0.39, 0.29) is 5.91 Å². The number of alkyl halides is 1. The summed E-state index contributed by atoms with van der Waals surface area (Å²) in [5, 5.41) is 2.44. The zero-order chi connectivity index (χ0) is 11.8. The molecule has 2 atom stereocenters. The van der Waals surface area contributed by atoms with Crippen LogP contribution in [0.5, 0.6) is 0 Å². The average Bonchev–Trinajstić information content (AvgIpc) is 2.35. The molecule has 0 unspecified atom stereocenters. The molecule has 1 fully saturated rings. The number of amides is 1. The molecular formula is C11H10ClNO3.